The number of carbonyl (C=O) groups excluding carboxylic acids is 1. The molecule has 1 aliphatic heterocycles. The summed E-state index contributed by atoms with van der Waals surface area (Å²) in [4.78, 5) is 19.9. The van der Waals surface area contributed by atoms with Gasteiger partial charge in [-0.25, -0.2) is 4.98 Å². The molecule has 16 heavy (non-hydrogen) atoms. The van der Waals surface area contributed by atoms with E-state index in [2.05, 4.69) is 20.6 Å². The molecule has 1 aromatic rings. The van der Waals surface area contributed by atoms with Gasteiger partial charge in [0.05, 0.1) is 11.6 Å². The molecule has 0 spiro atoms. The standard InChI is InChI=1S/C10H13ClN4O/c1-4-5(2)12-8-7(14-9(4)16)6(3)13-10(11)15-8/h4-5H,1-3H3,(H,14,16)(H,12,13,15). The Hall–Kier alpha value is -1.36. The zero-order valence-corrected chi connectivity index (χ0v) is 10.1. The van der Waals surface area contributed by atoms with Crippen LogP contribution >= 0.6 is 11.6 Å². The van der Waals surface area contributed by atoms with Crippen LogP contribution in [0.4, 0.5) is 11.5 Å². The molecule has 2 heterocycles. The van der Waals surface area contributed by atoms with E-state index in [1.165, 1.54) is 0 Å². The molecule has 86 valence electrons. The highest BCUT2D eigenvalue weighted by Gasteiger charge is 2.27. The number of hydrogen-bond acceptors (Lipinski definition) is 4. The van der Waals surface area contributed by atoms with Gasteiger partial charge in [0, 0.05) is 6.04 Å². The molecule has 0 fully saturated rings. The SMILES string of the molecule is Cc1nc(Cl)nc2c1NC(=O)C(C)C(C)N2. The molecule has 2 atom stereocenters. The molecule has 2 rings (SSSR count). The van der Waals surface area contributed by atoms with E-state index in [1.54, 1.807) is 6.92 Å². The second-order valence-corrected chi connectivity index (χ2v) is 4.35. The lowest BCUT2D eigenvalue weighted by atomic mass is 10.0. The fourth-order valence-corrected chi connectivity index (χ4v) is 1.81. The Balaban J connectivity index is 2.51. The van der Waals surface area contributed by atoms with Crippen LogP contribution in [-0.4, -0.2) is 21.9 Å². The molecule has 0 aliphatic carbocycles. The Kier molecular flexibility index (Phi) is 2.71. The smallest absolute Gasteiger partial charge is 0.229 e. The number of anilines is 2. The number of hydrogen-bond donors (Lipinski definition) is 2. The van der Waals surface area contributed by atoms with Crippen LogP contribution in [0.2, 0.25) is 5.28 Å². The van der Waals surface area contributed by atoms with E-state index < -0.39 is 0 Å². The van der Waals surface area contributed by atoms with E-state index in [-0.39, 0.29) is 23.2 Å². The van der Waals surface area contributed by atoms with E-state index in [4.69, 9.17) is 11.6 Å². The Morgan fingerprint density at radius 3 is 2.69 bits per heavy atom. The van der Waals surface area contributed by atoms with Gasteiger partial charge in [0.1, 0.15) is 5.69 Å². The maximum Gasteiger partial charge on any atom is 0.229 e. The average molecular weight is 241 g/mol. The van der Waals surface area contributed by atoms with Crippen LogP contribution in [0.25, 0.3) is 0 Å². The first-order chi connectivity index (χ1) is 7.49. The Labute approximate surface area is 98.6 Å². The predicted octanol–water partition coefficient (Wildman–Crippen LogP) is 1.83. The molecule has 5 nitrogen and oxygen atoms in total. The summed E-state index contributed by atoms with van der Waals surface area (Å²) in [5.41, 5.74) is 1.28. The third kappa shape index (κ3) is 1.82. The molecule has 1 aliphatic rings. The largest absolute Gasteiger partial charge is 0.365 e. The number of nitrogens with zero attached hydrogens (tertiary/aromatic N) is 2. The summed E-state index contributed by atoms with van der Waals surface area (Å²) in [5, 5.41) is 6.16. The highest BCUT2D eigenvalue weighted by Crippen LogP contribution is 2.29. The van der Waals surface area contributed by atoms with Crippen LogP contribution in [0.15, 0.2) is 0 Å². The highest BCUT2D eigenvalue weighted by atomic mass is 35.5. The Morgan fingerprint density at radius 2 is 2.00 bits per heavy atom. The zero-order chi connectivity index (χ0) is 11.9. The van der Waals surface area contributed by atoms with Gasteiger partial charge in [0.25, 0.3) is 0 Å². The number of aromatic nitrogens is 2. The van der Waals surface area contributed by atoms with Gasteiger partial charge in [0.2, 0.25) is 11.2 Å². The number of rotatable bonds is 0. The summed E-state index contributed by atoms with van der Waals surface area (Å²) in [6, 6.07) is 0.00613. The van der Waals surface area contributed by atoms with Crippen molar-refractivity contribution in [2.45, 2.75) is 26.8 Å². The average Bonchev–Trinajstić information content (AvgIpc) is 2.29. The Bertz CT molecular complexity index is 449. The zero-order valence-electron chi connectivity index (χ0n) is 9.34. The van der Waals surface area contributed by atoms with E-state index in [9.17, 15) is 4.79 Å². The minimum Gasteiger partial charge on any atom is -0.365 e. The van der Waals surface area contributed by atoms with Gasteiger partial charge in [0.15, 0.2) is 5.82 Å². The predicted molar refractivity (Wildman–Crippen MR) is 62.7 cm³/mol. The lowest BCUT2D eigenvalue weighted by Gasteiger charge is -2.15. The lowest BCUT2D eigenvalue weighted by Crippen LogP contribution is -2.30. The van der Waals surface area contributed by atoms with Crippen LogP contribution < -0.4 is 10.6 Å². The fraction of sp³-hybridized carbons (Fsp3) is 0.500. The van der Waals surface area contributed by atoms with Crippen molar-refractivity contribution in [3.8, 4) is 0 Å². The van der Waals surface area contributed by atoms with Gasteiger partial charge in [-0.2, -0.15) is 4.98 Å². The number of halogens is 1. The van der Waals surface area contributed by atoms with Gasteiger partial charge in [-0.05, 0) is 25.4 Å². The van der Waals surface area contributed by atoms with Gasteiger partial charge >= 0.3 is 0 Å². The van der Waals surface area contributed by atoms with Crippen molar-refractivity contribution in [1.82, 2.24) is 9.97 Å². The molecule has 0 bridgehead atoms. The third-order valence-electron chi connectivity index (χ3n) is 2.84. The molecule has 0 saturated heterocycles. The second-order valence-electron chi connectivity index (χ2n) is 4.01. The normalized spacial score (nSPS) is 24.1. The van der Waals surface area contributed by atoms with Crippen molar-refractivity contribution < 1.29 is 4.79 Å². The molecule has 6 heteroatoms. The molecule has 0 radical (unpaired) electrons. The highest BCUT2D eigenvalue weighted by molar-refractivity contribution is 6.28. The number of carbonyl (C=O) groups is 1. The molecular formula is C10H13ClN4O. The van der Waals surface area contributed by atoms with Crippen molar-refractivity contribution >= 4 is 29.0 Å². The minimum atomic E-state index is -0.132. The number of aryl methyl sites for hydroxylation is 1. The van der Waals surface area contributed by atoms with Crippen LogP contribution in [-0.2, 0) is 4.79 Å². The molecule has 2 unspecified atom stereocenters. The van der Waals surface area contributed by atoms with E-state index in [0.29, 0.717) is 17.2 Å². The topological polar surface area (TPSA) is 66.9 Å². The summed E-state index contributed by atoms with van der Waals surface area (Å²) in [7, 11) is 0. The van der Waals surface area contributed by atoms with Crippen LogP contribution in [0.1, 0.15) is 19.5 Å². The maximum absolute atomic E-state index is 11.8. The molecule has 1 amide bonds. The second kappa shape index (κ2) is 3.90. The first kappa shape index (κ1) is 11.1. The first-order valence-electron chi connectivity index (χ1n) is 5.10. The Morgan fingerprint density at radius 1 is 1.31 bits per heavy atom. The van der Waals surface area contributed by atoms with Crippen molar-refractivity contribution in [3.63, 3.8) is 0 Å². The maximum atomic E-state index is 11.8. The first-order valence-corrected chi connectivity index (χ1v) is 5.48. The van der Waals surface area contributed by atoms with Crippen LogP contribution in [0.5, 0.6) is 0 Å². The number of fused-ring (bicyclic) bond motifs is 1. The number of nitrogens with one attached hydrogen (secondary N) is 2. The summed E-state index contributed by atoms with van der Waals surface area (Å²) < 4.78 is 0. The van der Waals surface area contributed by atoms with Gasteiger partial charge in [-0.3, -0.25) is 4.79 Å². The van der Waals surface area contributed by atoms with Crippen molar-refractivity contribution in [1.29, 1.82) is 0 Å². The molecular weight excluding hydrogens is 228 g/mol. The monoisotopic (exact) mass is 240 g/mol. The van der Waals surface area contributed by atoms with Crippen molar-refractivity contribution in [2.24, 2.45) is 5.92 Å². The van der Waals surface area contributed by atoms with Gasteiger partial charge in [-0.15, -0.1) is 0 Å². The minimum absolute atomic E-state index is 0.00613. The molecule has 2 N–H and O–H groups in total. The summed E-state index contributed by atoms with van der Waals surface area (Å²) in [6.45, 7) is 5.59. The van der Waals surface area contributed by atoms with Crippen LogP contribution in [0.3, 0.4) is 0 Å². The van der Waals surface area contributed by atoms with E-state index in [0.717, 1.165) is 0 Å². The summed E-state index contributed by atoms with van der Waals surface area (Å²) >= 11 is 5.78. The van der Waals surface area contributed by atoms with Gasteiger partial charge < -0.3 is 10.6 Å². The number of amides is 1. The molecule has 0 saturated carbocycles. The third-order valence-corrected chi connectivity index (χ3v) is 3.01. The quantitative estimate of drug-likeness (QED) is 0.679. The van der Waals surface area contributed by atoms with Gasteiger partial charge in [-0.1, -0.05) is 6.92 Å². The molecule has 1 aromatic heterocycles. The van der Waals surface area contributed by atoms with Crippen LogP contribution in [0, 0.1) is 12.8 Å². The lowest BCUT2D eigenvalue weighted by molar-refractivity contribution is -0.119. The van der Waals surface area contributed by atoms with E-state index >= 15 is 0 Å². The van der Waals surface area contributed by atoms with E-state index in [1.807, 2.05) is 13.8 Å². The molecule has 0 aromatic carbocycles. The van der Waals surface area contributed by atoms with Crippen molar-refractivity contribution in [3.05, 3.63) is 11.0 Å². The van der Waals surface area contributed by atoms with Crippen molar-refractivity contribution in [2.75, 3.05) is 10.6 Å². The summed E-state index contributed by atoms with van der Waals surface area (Å²) in [6.07, 6.45) is 0. The summed E-state index contributed by atoms with van der Waals surface area (Å²) in [5.74, 6) is 0.419. The fourth-order valence-electron chi connectivity index (χ4n) is 1.60.